The lowest BCUT2D eigenvalue weighted by Crippen LogP contribution is -2.12. The Morgan fingerprint density at radius 1 is 1.50 bits per heavy atom. The molecule has 86 valence electrons. The number of aromatic nitrogens is 1. The molecule has 6 nitrogen and oxygen atoms in total. The molecule has 3 N–H and O–H groups in total. The molecule has 1 aromatic heterocycles. The number of anilines is 1. The molecule has 0 radical (unpaired) electrons. The minimum Gasteiger partial charge on any atom is -0.478 e. The van der Waals surface area contributed by atoms with Crippen LogP contribution in [0.1, 0.15) is 22.8 Å². The number of hydrogen-bond donors (Lipinski definition) is 2. The first-order valence-electron chi connectivity index (χ1n) is 4.67. The standard InChI is InChI=1S/C10H12N2O4/c1-2-16-8(13)3-6-4-12-5-7(9(6)11)10(14)15/h4-5H,2-3H2,1H3,(H2,11,12)(H,14,15). The Hall–Kier alpha value is -2.11. The van der Waals surface area contributed by atoms with Gasteiger partial charge in [0.05, 0.1) is 18.7 Å². The van der Waals surface area contributed by atoms with E-state index in [1.54, 1.807) is 6.92 Å². The lowest BCUT2D eigenvalue weighted by Gasteiger charge is -2.06. The van der Waals surface area contributed by atoms with Gasteiger partial charge in [0.15, 0.2) is 0 Å². The van der Waals surface area contributed by atoms with Gasteiger partial charge in [0.25, 0.3) is 0 Å². The Morgan fingerprint density at radius 2 is 2.19 bits per heavy atom. The second-order valence-corrected chi connectivity index (χ2v) is 3.05. The van der Waals surface area contributed by atoms with E-state index in [1.165, 1.54) is 6.20 Å². The Kier molecular flexibility index (Phi) is 3.82. The highest BCUT2D eigenvalue weighted by Gasteiger charge is 2.14. The number of esters is 1. The minimum atomic E-state index is -1.17. The van der Waals surface area contributed by atoms with E-state index in [0.717, 1.165) is 6.20 Å². The number of carboxylic acids is 1. The fourth-order valence-corrected chi connectivity index (χ4v) is 1.19. The quantitative estimate of drug-likeness (QED) is 0.720. The Bertz CT molecular complexity index is 417. The van der Waals surface area contributed by atoms with Crippen molar-refractivity contribution in [2.24, 2.45) is 0 Å². The summed E-state index contributed by atoms with van der Waals surface area (Å²) in [6, 6.07) is 0. The molecule has 0 aliphatic rings. The average molecular weight is 224 g/mol. The first-order chi connectivity index (χ1) is 7.56. The molecule has 6 heteroatoms. The first kappa shape index (κ1) is 12.0. The van der Waals surface area contributed by atoms with Crippen molar-refractivity contribution in [1.82, 2.24) is 4.98 Å². The van der Waals surface area contributed by atoms with Crippen LogP contribution in [-0.4, -0.2) is 28.6 Å². The van der Waals surface area contributed by atoms with Crippen molar-refractivity contribution in [2.45, 2.75) is 13.3 Å². The van der Waals surface area contributed by atoms with Gasteiger partial charge in [-0.3, -0.25) is 9.78 Å². The number of carbonyl (C=O) groups excluding carboxylic acids is 1. The number of carboxylic acid groups (broad SMARTS) is 1. The van der Waals surface area contributed by atoms with E-state index in [4.69, 9.17) is 15.6 Å². The third kappa shape index (κ3) is 2.69. The molecule has 0 amide bonds. The van der Waals surface area contributed by atoms with Crippen LogP contribution in [0.3, 0.4) is 0 Å². The zero-order valence-corrected chi connectivity index (χ0v) is 8.77. The molecular formula is C10H12N2O4. The van der Waals surface area contributed by atoms with Gasteiger partial charge >= 0.3 is 11.9 Å². The van der Waals surface area contributed by atoms with Gasteiger partial charge in [0.2, 0.25) is 0 Å². The van der Waals surface area contributed by atoms with E-state index < -0.39 is 11.9 Å². The Labute approximate surface area is 92.0 Å². The molecule has 0 saturated heterocycles. The maximum absolute atomic E-state index is 11.2. The van der Waals surface area contributed by atoms with Crippen LogP contribution in [0, 0.1) is 0 Å². The molecule has 0 atom stereocenters. The van der Waals surface area contributed by atoms with E-state index in [0.29, 0.717) is 5.56 Å². The molecule has 0 spiro atoms. The van der Waals surface area contributed by atoms with Crippen LogP contribution in [0.25, 0.3) is 0 Å². The monoisotopic (exact) mass is 224 g/mol. The highest BCUT2D eigenvalue weighted by molar-refractivity contribution is 5.94. The number of pyridine rings is 1. The first-order valence-corrected chi connectivity index (χ1v) is 4.67. The molecular weight excluding hydrogens is 212 g/mol. The zero-order chi connectivity index (χ0) is 12.1. The average Bonchev–Trinajstić information content (AvgIpc) is 2.21. The van der Waals surface area contributed by atoms with Gasteiger partial charge in [0, 0.05) is 18.0 Å². The molecule has 0 saturated carbocycles. The summed E-state index contributed by atoms with van der Waals surface area (Å²) in [6.45, 7) is 1.96. The van der Waals surface area contributed by atoms with E-state index in [-0.39, 0.29) is 24.3 Å². The third-order valence-electron chi connectivity index (χ3n) is 1.94. The van der Waals surface area contributed by atoms with Crippen molar-refractivity contribution >= 4 is 17.6 Å². The largest absolute Gasteiger partial charge is 0.478 e. The lowest BCUT2D eigenvalue weighted by molar-refractivity contribution is -0.142. The smallest absolute Gasteiger partial charge is 0.339 e. The van der Waals surface area contributed by atoms with Crippen LogP contribution in [0.2, 0.25) is 0 Å². The predicted octanol–water partition coefficient (Wildman–Crippen LogP) is 0.468. The van der Waals surface area contributed by atoms with Crippen molar-refractivity contribution in [2.75, 3.05) is 12.3 Å². The number of aromatic carboxylic acids is 1. The molecule has 16 heavy (non-hydrogen) atoms. The van der Waals surface area contributed by atoms with Gasteiger partial charge in [0.1, 0.15) is 5.56 Å². The van der Waals surface area contributed by atoms with Crippen LogP contribution in [-0.2, 0) is 16.0 Å². The summed E-state index contributed by atoms with van der Waals surface area (Å²) in [5.41, 5.74) is 5.90. The van der Waals surface area contributed by atoms with Crippen molar-refractivity contribution in [3.05, 3.63) is 23.5 Å². The van der Waals surface area contributed by atoms with Crippen molar-refractivity contribution in [3.8, 4) is 0 Å². The molecule has 0 fully saturated rings. The van der Waals surface area contributed by atoms with Crippen LogP contribution in [0.5, 0.6) is 0 Å². The van der Waals surface area contributed by atoms with Gasteiger partial charge in [-0.2, -0.15) is 0 Å². The molecule has 1 aromatic rings. The topological polar surface area (TPSA) is 103 Å². The number of rotatable bonds is 4. The van der Waals surface area contributed by atoms with Crippen molar-refractivity contribution in [3.63, 3.8) is 0 Å². The van der Waals surface area contributed by atoms with Crippen LogP contribution >= 0.6 is 0 Å². The van der Waals surface area contributed by atoms with Gasteiger partial charge in [-0.25, -0.2) is 4.79 Å². The summed E-state index contributed by atoms with van der Waals surface area (Å²) in [6.07, 6.45) is 2.43. The summed E-state index contributed by atoms with van der Waals surface area (Å²) in [7, 11) is 0. The number of carbonyl (C=O) groups is 2. The third-order valence-corrected chi connectivity index (χ3v) is 1.94. The molecule has 1 rings (SSSR count). The summed E-state index contributed by atoms with van der Waals surface area (Å²) in [4.78, 5) is 25.7. The summed E-state index contributed by atoms with van der Waals surface area (Å²) in [5, 5.41) is 8.79. The van der Waals surface area contributed by atoms with Gasteiger partial charge in [-0.05, 0) is 6.92 Å². The van der Waals surface area contributed by atoms with E-state index >= 15 is 0 Å². The van der Waals surface area contributed by atoms with Gasteiger partial charge < -0.3 is 15.6 Å². The fourth-order valence-electron chi connectivity index (χ4n) is 1.19. The predicted molar refractivity (Wildman–Crippen MR) is 55.9 cm³/mol. The van der Waals surface area contributed by atoms with E-state index in [9.17, 15) is 9.59 Å². The highest BCUT2D eigenvalue weighted by atomic mass is 16.5. The Morgan fingerprint density at radius 3 is 2.75 bits per heavy atom. The number of ether oxygens (including phenoxy) is 1. The van der Waals surface area contributed by atoms with Crippen molar-refractivity contribution in [1.29, 1.82) is 0 Å². The summed E-state index contributed by atoms with van der Waals surface area (Å²) in [5.74, 6) is -1.63. The molecule has 1 heterocycles. The number of hydrogen-bond acceptors (Lipinski definition) is 5. The second-order valence-electron chi connectivity index (χ2n) is 3.05. The zero-order valence-electron chi connectivity index (χ0n) is 8.77. The van der Waals surface area contributed by atoms with Gasteiger partial charge in [-0.1, -0.05) is 0 Å². The summed E-state index contributed by atoms with van der Waals surface area (Å²) >= 11 is 0. The minimum absolute atomic E-state index is 0.0514. The maximum atomic E-state index is 11.2. The van der Waals surface area contributed by atoms with Crippen LogP contribution < -0.4 is 5.73 Å². The lowest BCUT2D eigenvalue weighted by atomic mass is 10.1. The molecule has 0 unspecified atom stereocenters. The van der Waals surface area contributed by atoms with E-state index in [2.05, 4.69) is 4.98 Å². The summed E-state index contributed by atoms with van der Waals surface area (Å²) < 4.78 is 4.73. The maximum Gasteiger partial charge on any atom is 0.339 e. The number of nitrogen functional groups attached to an aromatic ring is 1. The molecule has 0 aliphatic heterocycles. The number of nitrogens with two attached hydrogens (primary N) is 1. The van der Waals surface area contributed by atoms with Gasteiger partial charge in [-0.15, -0.1) is 0 Å². The van der Waals surface area contributed by atoms with Crippen LogP contribution in [0.4, 0.5) is 5.69 Å². The Balaban J connectivity index is 2.93. The number of nitrogens with zero attached hydrogens (tertiary/aromatic N) is 1. The van der Waals surface area contributed by atoms with Crippen molar-refractivity contribution < 1.29 is 19.4 Å². The second kappa shape index (κ2) is 5.11. The highest BCUT2D eigenvalue weighted by Crippen LogP contribution is 2.16. The molecule has 0 aromatic carbocycles. The fraction of sp³-hybridized carbons (Fsp3) is 0.300. The molecule has 0 bridgehead atoms. The molecule has 0 aliphatic carbocycles. The van der Waals surface area contributed by atoms with Crippen LogP contribution in [0.15, 0.2) is 12.4 Å². The SMILES string of the molecule is CCOC(=O)Cc1cncc(C(=O)O)c1N. The normalized spacial score (nSPS) is 9.81. The van der Waals surface area contributed by atoms with E-state index in [1.807, 2.05) is 0 Å².